The van der Waals surface area contributed by atoms with E-state index in [0.29, 0.717) is 12.7 Å². The van der Waals surface area contributed by atoms with Gasteiger partial charge < -0.3 is 4.74 Å². The molecule has 4 nitrogen and oxygen atoms in total. The minimum absolute atomic E-state index is 0.0136. The molecule has 16 heavy (non-hydrogen) atoms. The second kappa shape index (κ2) is 6.57. The molecular formula is C11H23NO3S. The van der Waals surface area contributed by atoms with Crippen molar-refractivity contribution in [3.63, 3.8) is 0 Å². The lowest BCUT2D eigenvalue weighted by atomic mass is 10.1. The van der Waals surface area contributed by atoms with E-state index in [9.17, 15) is 8.42 Å². The summed E-state index contributed by atoms with van der Waals surface area (Å²) >= 11 is 0. The molecule has 96 valence electrons. The summed E-state index contributed by atoms with van der Waals surface area (Å²) in [4.78, 5) is 0. The van der Waals surface area contributed by atoms with Crippen molar-refractivity contribution >= 4 is 10.0 Å². The van der Waals surface area contributed by atoms with Gasteiger partial charge in [0.1, 0.15) is 0 Å². The van der Waals surface area contributed by atoms with Crippen LogP contribution in [0.3, 0.4) is 0 Å². The maximum atomic E-state index is 10.9. The van der Waals surface area contributed by atoms with Crippen molar-refractivity contribution in [2.45, 2.75) is 51.6 Å². The number of primary sulfonamides is 1. The first-order valence-electron chi connectivity index (χ1n) is 6.09. The van der Waals surface area contributed by atoms with Crippen LogP contribution in [0.5, 0.6) is 0 Å². The van der Waals surface area contributed by atoms with Crippen molar-refractivity contribution in [3.8, 4) is 0 Å². The van der Waals surface area contributed by atoms with Crippen LogP contribution in [0, 0.1) is 5.92 Å². The van der Waals surface area contributed by atoms with Gasteiger partial charge in [-0.2, -0.15) is 0 Å². The van der Waals surface area contributed by atoms with E-state index in [4.69, 9.17) is 9.88 Å². The second-order valence-corrected chi connectivity index (χ2v) is 6.54. The Labute approximate surface area is 98.6 Å². The predicted molar refractivity (Wildman–Crippen MR) is 64.6 cm³/mol. The van der Waals surface area contributed by atoms with Gasteiger partial charge in [-0.15, -0.1) is 0 Å². The highest BCUT2D eigenvalue weighted by Crippen LogP contribution is 2.20. The highest BCUT2D eigenvalue weighted by molar-refractivity contribution is 7.89. The van der Waals surface area contributed by atoms with Gasteiger partial charge in [0.2, 0.25) is 10.0 Å². The summed E-state index contributed by atoms with van der Waals surface area (Å²) < 4.78 is 27.5. The van der Waals surface area contributed by atoms with E-state index in [1.807, 2.05) is 6.92 Å². The molecule has 1 aliphatic rings. The van der Waals surface area contributed by atoms with Crippen LogP contribution in [0.2, 0.25) is 0 Å². The summed E-state index contributed by atoms with van der Waals surface area (Å²) in [5, 5.41) is 4.99. The molecule has 0 saturated heterocycles. The Balaban J connectivity index is 2.22. The van der Waals surface area contributed by atoms with Crippen LogP contribution in [0.1, 0.15) is 45.4 Å². The third-order valence-corrected chi connectivity index (χ3v) is 3.97. The number of hydrogen-bond donors (Lipinski definition) is 1. The Hall–Kier alpha value is -0.130. The van der Waals surface area contributed by atoms with E-state index in [2.05, 4.69) is 0 Å². The molecule has 1 unspecified atom stereocenters. The number of rotatable bonds is 5. The molecule has 0 aromatic heterocycles. The first kappa shape index (κ1) is 13.9. The Morgan fingerprint density at radius 1 is 1.25 bits per heavy atom. The maximum Gasteiger partial charge on any atom is 0.209 e. The molecule has 0 aromatic carbocycles. The van der Waals surface area contributed by atoms with Gasteiger partial charge in [-0.05, 0) is 18.8 Å². The molecule has 1 saturated carbocycles. The zero-order valence-corrected chi connectivity index (χ0v) is 10.8. The van der Waals surface area contributed by atoms with Gasteiger partial charge in [0.05, 0.1) is 18.5 Å². The first-order chi connectivity index (χ1) is 7.47. The van der Waals surface area contributed by atoms with Gasteiger partial charge in [-0.3, -0.25) is 0 Å². The fourth-order valence-corrected chi connectivity index (χ4v) is 3.04. The minimum Gasteiger partial charge on any atom is -0.378 e. The molecule has 5 heteroatoms. The van der Waals surface area contributed by atoms with E-state index >= 15 is 0 Å². The standard InChI is InChI=1S/C11H23NO3S/c1-10(9-16(12,13)14)8-15-11-6-4-2-3-5-7-11/h10-11H,2-9H2,1H3,(H2,12,13,14). The predicted octanol–water partition coefficient (Wildman–Crippen LogP) is 1.65. The van der Waals surface area contributed by atoms with Crippen LogP contribution < -0.4 is 5.14 Å². The molecule has 0 aromatic rings. The third-order valence-electron chi connectivity index (χ3n) is 2.94. The average molecular weight is 249 g/mol. The summed E-state index contributed by atoms with van der Waals surface area (Å²) in [7, 11) is -3.36. The smallest absolute Gasteiger partial charge is 0.209 e. The zero-order chi connectivity index (χ0) is 12.0. The lowest BCUT2D eigenvalue weighted by Crippen LogP contribution is -2.26. The Kier molecular flexibility index (Phi) is 5.72. The number of sulfonamides is 1. The normalized spacial score (nSPS) is 21.6. The minimum atomic E-state index is -3.36. The summed E-state index contributed by atoms with van der Waals surface area (Å²) in [6, 6.07) is 0. The lowest BCUT2D eigenvalue weighted by Gasteiger charge is -2.18. The summed E-state index contributed by atoms with van der Waals surface area (Å²) in [5.74, 6) is -0.00190. The fourth-order valence-electron chi connectivity index (χ4n) is 2.15. The highest BCUT2D eigenvalue weighted by Gasteiger charge is 2.16. The maximum absolute atomic E-state index is 10.9. The van der Waals surface area contributed by atoms with Crippen LogP contribution in [-0.4, -0.2) is 26.9 Å². The van der Waals surface area contributed by atoms with E-state index in [1.54, 1.807) is 0 Å². The largest absolute Gasteiger partial charge is 0.378 e. The molecule has 2 N–H and O–H groups in total. The molecule has 0 bridgehead atoms. The van der Waals surface area contributed by atoms with Crippen molar-refractivity contribution in [3.05, 3.63) is 0 Å². The topological polar surface area (TPSA) is 69.4 Å². The highest BCUT2D eigenvalue weighted by atomic mass is 32.2. The van der Waals surface area contributed by atoms with Crippen molar-refractivity contribution in [1.29, 1.82) is 0 Å². The van der Waals surface area contributed by atoms with E-state index in [0.717, 1.165) is 12.8 Å². The fraction of sp³-hybridized carbons (Fsp3) is 1.00. The molecule has 1 atom stereocenters. The van der Waals surface area contributed by atoms with Crippen molar-refractivity contribution in [2.24, 2.45) is 11.1 Å². The molecule has 0 radical (unpaired) electrons. The number of hydrogen-bond acceptors (Lipinski definition) is 3. The van der Waals surface area contributed by atoms with Gasteiger partial charge >= 0.3 is 0 Å². The van der Waals surface area contributed by atoms with Crippen molar-refractivity contribution in [2.75, 3.05) is 12.4 Å². The second-order valence-electron chi connectivity index (χ2n) is 4.88. The van der Waals surface area contributed by atoms with Crippen molar-refractivity contribution in [1.82, 2.24) is 0 Å². The Morgan fingerprint density at radius 2 is 1.81 bits per heavy atom. The summed E-state index contributed by atoms with van der Waals surface area (Å²) in [5.41, 5.74) is 0. The third kappa shape index (κ3) is 6.45. The van der Waals surface area contributed by atoms with Gasteiger partial charge in [0.15, 0.2) is 0 Å². The Morgan fingerprint density at radius 3 is 2.31 bits per heavy atom. The quantitative estimate of drug-likeness (QED) is 0.753. The molecule has 1 fully saturated rings. The molecule has 0 amide bonds. The van der Waals surface area contributed by atoms with E-state index in [1.165, 1.54) is 25.7 Å². The average Bonchev–Trinajstić information content (AvgIpc) is 2.39. The number of nitrogens with two attached hydrogens (primary N) is 1. The van der Waals surface area contributed by atoms with Gasteiger partial charge in [0, 0.05) is 0 Å². The molecule has 0 spiro atoms. The van der Waals surface area contributed by atoms with Crippen LogP contribution >= 0.6 is 0 Å². The molecular weight excluding hydrogens is 226 g/mol. The van der Waals surface area contributed by atoms with E-state index < -0.39 is 10.0 Å². The van der Waals surface area contributed by atoms with Crippen LogP contribution in [-0.2, 0) is 14.8 Å². The van der Waals surface area contributed by atoms with Gasteiger partial charge in [-0.1, -0.05) is 32.6 Å². The van der Waals surface area contributed by atoms with Crippen LogP contribution in [0.25, 0.3) is 0 Å². The SMILES string of the molecule is CC(COC1CCCCCC1)CS(N)(=O)=O. The monoisotopic (exact) mass is 249 g/mol. The zero-order valence-electron chi connectivity index (χ0n) is 10.0. The van der Waals surface area contributed by atoms with Gasteiger partial charge in [-0.25, -0.2) is 13.6 Å². The Bertz CT molecular complexity index is 282. The van der Waals surface area contributed by atoms with E-state index in [-0.39, 0.29) is 11.7 Å². The summed E-state index contributed by atoms with van der Waals surface area (Å²) in [6.45, 7) is 2.36. The molecule has 0 aliphatic heterocycles. The van der Waals surface area contributed by atoms with Crippen molar-refractivity contribution < 1.29 is 13.2 Å². The molecule has 0 heterocycles. The molecule has 1 rings (SSSR count). The lowest BCUT2D eigenvalue weighted by molar-refractivity contribution is 0.0275. The first-order valence-corrected chi connectivity index (χ1v) is 7.81. The van der Waals surface area contributed by atoms with Crippen LogP contribution in [0.15, 0.2) is 0 Å². The van der Waals surface area contributed by atoms with Crippen LogP contribution in [0.4, 0.5) is 0 Å². The molecule has 1 aliphatic carbocycles. The van der Waals surface area contributed by atoms with Gasteiger partial charge in [0.25, 0.3) is 0 Å². The summed E-state index contributed by atoms with van der Waals surface area (Å²) in [6.07, 6.45) is 7.61. The number of ether oxygens (including phenoxy) is 1.